The molecule has 4 nitrogen and oxygen atoms in total. The van der Waals surface area contributed by atoms with Gasteiger partial charge < -0.3 is 5.11 Å². The molecule has 20 heavy (non-hydrogen) atoms. The van der Waals surface area contributed by atoms with Crippen molar-refractivity contribution in [1.29, 1.82) is 0 Å². The highest BCUT2D eigenvalue weighted by Crippen LogP contribution is 2.28. The molecule has 106 valence electrons. The molecule has 0 spiro atoms. The lowest BCUT2D eigenvalue weighted by Crippen LogP contribution is -2.26. The topological polar surface area (TPSA) is 57.6 Å². The van der Waals surface area contributed by atoms with Gasteiger partial charge in [0.15, 0.2) is 0 Å². The summed E-state index contributed by atoms with van der Waals surface area (Å²) in [4.78, 5) is -0.0166. The number of halogens is 1. The van der Waals surface area contributed by atoms with E-state index in [4.69, 9.17) is 16.7 Å². The van der Waals surface area contributed by atoms with E-state index in [0.717, 1.165) is 4.31 Å². The average Bonchev–Trinajstić information content (AvgIpc) is 2.47. The summed E-state index contributed by atoms with van der Waals surface area (Å²) in [6, 6.07) is 13.2. The fourth-order valence-corrected chi connectivity index (χ4v) is 3.49. The monoisotopic (exact) mass is 311 g/mol. The Morgan fingerprint density at radius 2 is 1.80 bits per heavy atom. The lowest BCUT2D eigenvalue weighted by atomic mass is 10.2. The molecule has 0 unspecified atom stereocenters. The summed E-state index contributed by atoms with van der Waals surface area (Å²) in [6.45, 7) is -0.241. The number of aliphatic hydroxyl groups is 1. The molecule has 2 aromatic rings. The van der Waals surface area contributed by atoms with Crippen molar-refractivity contribution in [1.82, 2.24) is 0 Å². The van der Waals surface area contributed by atoms with E-state index in [1.807, 2.05) is 6.07 Å². The van der Waals surface area contributed by atoms with Crippen molar-refractivity contribution in [2.45, 2.75) is 11.5 Å². The quantitative estimate of drug-likeness (QED) is 0.944. The highest BCUT2D eigenvalue weighted by atomic mass is 35.5. The van der Waals surface area contributed by atoms with Crippen LogP contribution in [0.2, 0.25) is 5.02 Å². The Morgan fingerprint density at radius 3 is 2.40 bits per heavy atom. The van der Waals surface area contributed by atoms with Gasteiger partial charge in [0.1, 0.15) is 4.90 Å². The second-order valence-corrected chi connectivity index (χ2v) is 6.58. The first kappa shape index (κ1) is 14.8. The van der Waals surface area contributed by atoms with Crippen LogP contribution >= 0.6 is 11.6 Å². The molecule has 0 aromatic heterocycles. The fourth-order valence-electron chi connectivity index (χ4n) is 1.77. The van der Waals surface area contributed by atoms with Gasteiger partial charge in [0, 0.05) is 7.05 Å². The number of para-hydroxylation sites is 1. The number of hydrogen-bond acceptors (Lipinski definition) is 3. The maximum atomic E-state index is 12.6. The number of rotatable bonds is 4. The van der Waals surface area contributed by atoms with Crippen molar-refractivity contribution < 1.29 is 13.5 Å². The maximum absolute atomic E-state index is 12.6. The van der Waals surface area contributed by atoms with Gasteiger partial charge in [-0.25, -0.2) is 8.42 Å². The SMILES string of the molecule is CN(c1ccccc1)S(=O)(=O)c1cc(CO)ccc1Cl. The van der Waals surface area contributed by atoms with Crippen molar-refractivity contribution in [3.05, 3.63) is 59.1 Å². The van der Waals surface area contributed by atoms with Gasteiger partial charge in [0.05, 0.1) is 17.3 Å². The minimum atomic E-state index is -3.77. The van der Waals surface area contributed by atoms with E-state index in [0.29, 0.717) is 11.3 Å². The Balaban J connectivity index is 2.50. The van der Waals surface area contributed by atoms with Gasteiger partial charge in [-0.15, -0.1) is 0 Å². The van der Waals surface area contributed by atoms with E-state index in [2.05, 4.69) is 0 Å². The summed E-state index contributed by atoms with van der Waals surface area (Å²) in [5.74, 6) is 0. The first-order valence-electron chi connectivity index (χ1n) is 5.90. The molecule has 0 aliphatic heterocycles. The van der Waals surface area contributed by atoms with Crippen LogP contribution in [0, 0.1) is 0 Å². The zero-order valence-electron chi connectivity index (χ0n) is 10.8. The highest BCUT2D eigenvalue weighted by molar-refractivity contribution is 7.93. The Bertz CT molecular complexity index is 702. The molecule has 0 amide bonds. The summed E-state index contributed by atoms with van der Waals surface area (Å²) in [5, 5.41) is 9.25. The first-order valence-corrected chi connectivity index (χ1v) is 7.72. The number of sulfonamides is 1. The number of nitrogens with zero attached hydrogens (tertiary/aromatic N) is 1. The molecule has 2 aromatic carbocycles. The van der Waals surface area contributed by atoms with Crippen LogP contribution in [0.3, 0.4) is 0 Å². The van der Waals surface area contributed by atoms with Crippen LogP contribution in [0.1, 0.15) is 5.56 Å². The van der Waals surface area contributed by atoms with Crippen LogP contribution < -0.4 is 4.31 Å². The standard InChI is InChI=1S/C14H14ClNO3S/c1-16(12-5-3-2-4-6-12)20(18,19)14-9-11(10-17)7-8-13(14)15/h2-9,17H,10H2,1H3. The Kier molecular flexibility index (Phi) is 4.32. The van der Waals surface area contributed by atoms with Crippen molar-refractivity contribution in [3.8, 4) is 0 Å². The smallest absolute Gasteiger partial charge is 0.265 e. The molecule has 0 saturated heterocycles. The zero-order valence-corrected chi connectivity index (χ0v) is 12.4. The second-order valence-electron chi connectivity index (χ2n) is 4.23. The number of benzene rings is 2. The lowest BCUT2D eigenvalue weighted by molar-refractivity contribution is 0.281. The predicted octanol–water partition coefficient (Wildman–Crippen LogP) is 2.66. The minimum absolute atomic E-state index is 0.0166. The van der Waals surface area contributed by atoms with Crippen molar-refractivity contribution in [2.75, 3.05) is 11.4 Å². The molecule has 0 atom stereocenters. The molecular formula is C14H14ClNO3S. The van der Waals surface area contributed by atoms with Gasteiger partial charge in [-0.1, -0.05) is 35.9 Å². The molecule has 6 heteroatoms. The summed E-state index contributed by atoms with van der Waals surface area (Å²) < 4.78 is 26.3. The summed E-state index contributed by atoms with van der Waals surface area (Å²) in [5.41, 5.74) is 1.03. The second kappa shape index (κ2) is 5.83. The van der Waals surface area contributed by atoms with E-state index >= 15 is 0 Å². The van der Waals surface area contributed by atoms with Gasteiger partial charge in [0.25, 0.3) is 10.0 Å². The van der Waals surface area contributed by atoms with Crippen molar-refractivity contribution >= 4 is 27.3 Å². The highest BCUT2D eigenvalue weighted by Gasteiger charge is 2.24. The van der Waals surface area contributed by atoms with Gasteiger partial charge in [-0.05, 0) is 29.8 Å². The summed E-state index contributed by atoms with van der Waals surface area (Å²) in [7, 11) is -2.30. The van der Waals surface area contributed by atoms with E-state index in [1.54, 1.807) is 30.3 Å². The number of hydrogen-bond donors (Lipinski definition) is 1. The van der Waals surface area contributed by atoms with Gasteiger partial charge in [-0.2, -0.15) is 0 Å². The van der Waals surface area contributed by atoms with Crippen molar-refractivity contribution in [3.63, 3.8) is 0 Å². The summed E-state index contributed by atoms with van der Waals surface area (Å²) in [6.07, 6.45) is 0. The molecule has 0 fully saturated rings. The predicted molar refractivity (Wildman–Crippen MR) is 79.4 cm³/mol. The van der Waals surface area contributed by atoms with E-state index in [1.165, 1.54) is 19.2 Å². The van der Waals surface area contributed by atoms with Crippen LogP contribution in [0.15, 0.2) is 53.4 Å². The summed E-state index contributed by atoms with van der Waals surface area (Å²) >= 11 is 5.98. The Hall–Kier alpha value is -1.56. The molecular weight excluding hydrogens is 298 g/mol. The lowest BCUT2D eigenvalue weighted by Gasteiger charge is -2.20. The normalized spacial score (nSPS) is 11.3. The zero-order chi connectivity index (χ0) is 14.8. The average molecular weight is 312 g/mol. The molecule has 0 radical (unpaired) electrons. The largest absolute Gasteiger partial charge is 0.392 e. The Labute approximate surface area is 123 Å². The maximum Gasteiger partial charge on any atom is 0.265 e. The van der Waals surface area contributed by atoms with Gasteiger partial charge in [-0.3, -0.25) is 4.31 Å². The third-order valence-electron chi connectivity index (χ3n) is 2.94. The molecule has 0 aliphatic carbocycles. The van der Waals surface area contributed by atoms with E-state index < -0.39 is 10.0 Å². The fraction of sp³-hybridized carbons (Fsp3) is 0.143. The molecule has 0 bridgehead atoms. The molecule has 1 N–H and O–H groups in total. The Morgan fingerprint density at radius 1 is 1.15 bits per heavy atom. The number of anilines is 1. The first-order chi connectivity index (χ1) is 9.46. The van der Waals surface area contributed by atoms with Crippen LogP contribution in [0.5, 0.6) is 0 Å². The van der Waals surface area contributed by atoms with Crippen LogP contribution in [0.4, 0.5) is 5.69 Å². The minimum Gasteiger partial charge on any atom is -0.392 e. The van der Waals surface area contributed by atoms with Crippen LogP contribution in [-0.2, 0) is 16.6 Å². The molecule has 0 heterocycles. The third-order valence-corrected chi connectivity index (χ3v) is 5.20. The number of aliphatic hydroxyl groups excluding tert-OH is 1. The molecule has 2 rings (SSSR count). The molecule has 0 aliphatic rings. The van der Waals surface area contributed by atoms with Gasteiger partial charge in [0.2, 0.25) is 0 Å². The molecule has 0 saturated carbocycles. The van der Waals surface area contributed by atoms with E-state index in [-0.39, 0.29) is 16.5 Å². The van der Waals surface area contributed by atoms with E-state index in [9.17, 15) is 8.42 Å². The third kappa shape index (κ3) is 2.80. The van der Waals surface area contributed by atoms with Gasteiger partial charge >= 0.3 is 0 Å². The van der Waals surface area contributed by atoms with Crippen LogP contribution in [0.25, 0.3) is 0 Å². The van der Waals surface area contributed by atoms with Crippen molar-refractivity contribution in [2.24, 2.45) is 0 Å². The van der Waals surface area contributed by atoms with Crippen LogP contribution in [-0.4, -0.2) is 20.6 Å².